The summed E-state index contributed by atoms with van der Waals surface area (Å²) in [7, 11) is 1.36. The molecule has 7 heteroatoms. The summed E-state index contributed by atoms with van der Waals surface area (Å²) < 4.78 is 6.41. The Morgan fingerprint density at radius 3 is 2.91 bits per heavy atom. The van der Waals surface area contributed by atoms with E-state index < -0.39 is 0 Å². The zero-order valence-corrected chi connectivity index (χ0v) is 12.3. The predicted octanol–water partition coefficient (Wildman–Crippen LogP) is 1.72. The van der Waals surface area contributed by atoms with Crippen LogP contribution in [0.25, 0.3) is 16.8 Å². The molecular formula is C15H15N5O2. The molecule has 3 heterocycles. The number of pyridine rings is 2. The number of hydrogen-bond acceptors (Lipinski definition) is 6. The van der Waals surface area contributed by atoms with Crippen molar-refractivity contribution in [3.8, 4) is 11.1 Å². The highest BCUT2D eigenvalue weighted by atomic mass is 16.5. The highest BCUT2D eigenvalue weighted by Crippen LogP contribution is 2.23. The van der Waals surface area contributed by atoms with E-state index >= 15 is 0 Å². The molecule has 0 aliphatic rings. The van der Waals surface area contributed by atoms with Crippen molar-refractivity contribution < 1.29 is 9.53 Å². The van der Waals surface area contributed by atoms with Gasteiger partial charge in [-0.05, 0) is 30.2 Å². The van der Waals surface area contributed by atoms with Crippen molar-refractivity contribution in [3.05, 3.63) is 41.9 Å². The lowest BCUT2D eigenvalue weighted by atomic mass is 10.0. The molecule has 0 aromatic carbocycles. The molecule has 3 rings (SSSR count). The Morgan fingerprint density at radius 2 is 2.18 bits per heavy atom. The van der Waals surface area contributed by atoms with Crippen molar-refractivity contribution in [1.29, 1.82) is 0 Å². The second kappa shape index (κ2) is 5.44. The van der Waals surface area contributed by atoms with Crippen LogP contribution in [0.5, 0.6) is 0 Å². The maximum absolute atomic E-state index is 11.9. The lowest BCUT2D eigenvalue weighted by molar-refractivity contribution is 0.0599. The minimum Gasteiger partial charge on any atom is -0.465 e. The van der Waals surface area contributed by atoms with Crippen LogP contribution in [0.1, 0.15) is 23.0 Å². The van der Waals surface area contributed by atoms with Gasteiger partial charge >= 0.3 is 5.97 Å². The smallest absolute Gasteiger partial charge is 0.339 e. The molecule has 7 nitrogen and oxygen atoms in total. The molecule has 0 aliphatic heterocycles. The summed E-state index contributed by atoms with van der Waals surface area (Å²) in [5.41, 5.74) is 9.09. The average Bonchev–Trinajstić information content (AvgIpc) is 2.92. The molecule has 3 aromatic rings. The number of rotatable bonds is 3. The Kier molecular flexibility index (Phi) is 3.46. The van der Waals surface area contributed by atoms with Gasteiger partial charge in [-0.3, -0.25) is 4.98 Å². The molecule has 3 aromatic heterocycles. The number of esters is 1. The number of aryl methyl sites for hydroxylation is 1. The first-order valence-corrected chi connectivity index (χ1v) is 6.82. The topological polar surface area (TPSA) is 95.4 Å². The third kappa shape index (κ3) is 2.37. The van der Waals surface area contributed by atoms with Crippen LogP contribution in [0.2, 0.25) is 0 Å². The van der Waals surface area contributed by atoms with E-state index in [0.717, 1.165) is 11.1 Å². The monoisotopic (exact) mass is 297 g/mol. The SMILES string of the molecule is CCc1ncc(-c2ccn3nc(N)nc3c2)cc1C(=O)OC. The maximum Gasteiger partial charge on any atom is 0.339 e. The van der Waals surface area contributed by atoms with Crippen LogP contribution in [0.15, 0.2) is 30.6 Å². The van der Waals surface area contributed by atoms with Gasteiger partial charge in [-0.1, -0.05) is 6.92 Å². The molecule has 0 spiro atoms. The van der Waals surface area contributed by atoms with E-state index in [1.807, 2.05) is 19.1 Å². The van der Waals surface area contributed by atoms with E-state index in [9.17, 15) is 4.79 Å². The molecule has 112 valence electrons. The van der Waals surface area contributed by atoms with Gasteiger partial charge < -0.3 is 10.5 Å². The fourth-order valence-electron chi connectivity index (χ4n) is 2.30. The van der Waals surface area contributed by atoms with Crippen molar-refractivity contribution in [2.75, 3.05) is 12.8 Å². The molecule has 0 bridgehead atoms. The lowest BCUT2D eigenvalue weighted by Gasteiger charge is -2.08. The fraction of sp³-hybridized carbons (Fsp3) is 0.200. The van der Waals surface area contributed by atoms with E-state index in [1.54, 1.807) is 23.0 Å². The molecule has 0 amide bonds. The van der Waals surface area contributed by atoms with E-state index in [1.165, 1.54) is 7.11 Å². The summed E-state index contributed by atoms with van der Waals surface area (Å²) in [6.07, 6.45) is 4.15. The zero-order valence-electron chi connectivity index (χ0n) is 12.3. The van der Waals surface area contributed by atoms with Gasteiger partial charge in [0.25, 0.3) is 0 Å². The minimum atomic E-state index is -0.390. The molecule has 22 heavy (non-hydrogen) atoms. The quantitative estimate of drug-likeness (QED) is 0.740. The molecule has 0 saturated heterocycles. The van der Waals surface area contributed by atoms with Gasteiger partial charge in [0, 0.05) is 18.0 Å². The van der Waals surface area contributed by atoms with Gasteiger partial charge in [-0.15, -0.1) is 5.10 Å². The van der Waals surface area contributed by atoms with Crippen LogP contribution in [0, 0.1) is 0 Å². The Bertz CT molecular complexity index is 856. The van der Waals surface area contributed by atoms with Crippen LogP contribution in [0.3, 0.4) is 0 Å². The number of methoxy groups -OCH3 is 1. The molecule has 0 radical (unpaired) electrons. The van der Waals surface area contributed by atoms with Crippen LogP contribution in [0.4, 0.5) is 5.95 Å². The summed E-state index contributed by atoms with van der Waals surface area (Å²) in [6.45, 7) is 1.94. The molecule has 0 unspecified atom stereocenters. The first-order chi connectivity index (χ1) is 10.6. The zero-order chi connectivity index (χ0) is 15.7. The predicted molar refractivity (Wildman–Crippen MR) is 81.3 cm³/mol. The van der Waals surface area contributed by atoms with Crippen molar-refractivity contribution in [1.82, 2.24) is 19.6 Å². The average molecular weight is 297 g/mol. The summed E-state index contributed by atoms with van der Waals surface area (Å²) in [6, 6.07) is 5.49. The number of fused-ring (bicyclic) bond motifs is 1. The van der Waals surface area contributed by atoms with Gasteiger partial charge in [0.15, 0.2) is 5.65 Å². The van der Waals surface area contributed by atoms with Gasteiger partial charge in [0.1, 0.15) is 0 Å². The Hall–Kier alpha value is -2.96. The third-order valence-corrected chi connectivity index (χ3v) is 3.40. The van der Waals surface area contributed by atoms with Crippen LogP contribution < -0.4 is 5.73 Å². The van der Waals surface area contributed by atoms with E-state index in [4.69, 9.17) is 10.5 Å². The molecule has 0 fully saturated rings. The Morgan fingerprint density at radius 1 is 1.36 bits per heavy atom. The number of hydrogen-bond donors (Lipinski definition) is 1. The normalized spacial score (nSPS) is 10.8. The van der Waals surface area contributed by atoms with Crippen LogP contribution in [-0.2, 0) is 11.2 Å². The van der Waals surface area contributed by atoms with Crippen LogP contribution in [-0.4, -0.2) is 32.7 Å². The second-order valence-electron chi connectivity index (χ2n) is 4.75. The van der Waals surface area contributed by atoms with Gasteiger partial charge in [-0.25, -0.2) is 9.31 Å². The van der Waals surface area contributed by atoms with Crippen molar-refractivity contribution in [3.63, 3.8) is 0 Å². The second-order valence-corrected chi connectivity index (χ2v) is 4.75. The van der Waals surface area contributed by atoms with E-state index in [0.29, 0.717) is 23.3 Å². The minimum absolute atomic E-state index is 0.215. The van der Waals surface area contributed by atoms with Gasteiger partial charge in [-0.2, -0.15) is 4.98 Å². The summed E-state index contributed by atoms with van der Waals surface area (Å²) in [4.78, 5) is 20.4. The number of aromatic nitrogens is 4. The largest absolute Gasteiger partial charge is 0.465 e. The first-order valence-electron chi connectivity index (χ1n) is 6.82. The van der Waals surface area contributed by atoms with Crippen molar-refractivity contribution in [2.24, 2.45) is 0 Å². The van der Waals surface area contributed by atoms with Crippen molar-refractivity contribution in [2.45, 2.75) is 13.3 Å². The number of carbonyl (C=O) groups excluding carboxylic acids is 1. The van der Waals surface area contributed by atoms with E-state index in [-0.39, 0.29) is 11.9 Å². The summed E-state index contributed by atoms with van der Waals surface area (Å²) in [5.74, 6) is -0.175. The first kappa shape index (κ1) is 14.0. The molecular weight excluding hydrogens is 282 g/mol. The highest BCUT2D eigenvalue weighted by molar-refractivity contribution is 5.92. The lowest BCUT2D eigenvalue weighted by Crippen LogP contribution is -2.07. The number of anilines is 1. The standard InChI is InChI=1S/C15H15N5O2/c1-3-12-11(14(21)22-2)6-10(8-17-12)9-4-5-20-13(7-9)18-15(16)19-20/h4-8H,3H2,1-2H3,(H2,16,19). The number of nitrogens with zero attached hydrogens (tertiary/aromatic N) is 4. The van der Waals surface area contributed by atoms with Crippen molar-refractivity contribution >= 4 is 17.6 Å². The third-order valence-electron chi connectivity index (χ3n) is 3.40. The summed E-state index contributed by atoms with van der Waals surface area (Å²) in [5, 5.41) is 4.03. The molecule has 0 aliphatic carbocycles. The number of nitrogens with two attached hydrogens (primary N) is 1. The Labute approximate surface area is 126 Å². The number of nitrogen functional groups attached to an aromatic ring is 1. The van der Waals surface area contributed by atoms with E-state index in [2.05, 4.69) is 15.1 Å². The summed E-state index contributed by atoms with van der Waals surface area (Å²) >= 11 is 0. The Balaban J connectivity index is 2.11. The van der Waals surface area contributed by atoms with Gasteiger partial charge in [0.2, 0.25) is 5.95 Å². The molecule has 0 saturated carbocycles. The fourth-order valence-corrected chi connectivity index (χ4v) is 2.30. The molecule has 2 N–H and O–H groups in total. The maximum atomic E-state index is 11.9. The van der Waals surface area contributed by atoms with Gasteiger partial charge in [0.05, 0.1) is 18.4 Å². The molecule has 0 atom stereocenters. The van der Waals surface area contributed by atoms with Crippen LogP contribution >= 0.6 is 0 Å². The number of carbonyl (C=O) groups is 1. The number of ether oxygens (including phenoxy) is 1. The highest BCUT2D eigenvalue weighted by Gasteiger charge is 2.14.